The molecule has 0 bridgehead atoms. The van der Waals surface area contributed by atoms with Crippen LogP contribution in [0.1, 0.15) is 47.1 Å². The molecule has 2 aliphatic heterocycles. The van der Waals surface area contributed by atoms with Gasteiger partial charge in [0.05, 0.1) is 11.3 Å². The van der Waals surface area contributed by atoms with Crippen molar-refractivity contribution in [3.05, 3.63) is 102 Å². The van der Waals surface area contributed by atoms with E-state index in [4.69, 9.17) is 0 Å². The number of para-hydroxylation sites is 1. The van der Waals surface area contributed by atoms with Crippen molar-refractivity contribution in [1.29, 1.82) is 0 Å². The predicted molar refractivity (Wildman–Crippen MR) is 143 cm³/mol. The van der Waals surface area contributed by atoms with E-state index in [0.717, 1.165) is 13.1 Å². The normalized spacial score (nSPS) is 25.7. The molecular weight excluding hydrogens is 527 g/mol. The molecule has 2 atom stereocenters. The summed E-state index contributed by atoms with van der Waals surface area (Å²) in [5, 5.41) is 0. The number of anilines is 1. The Morgan fingerprint density at radius 3 is 2.32 bits per heavy atom. The van der Waals surface area contributed by atoms with Crippen LogP contribution in [0.3, 0.4) is 0 Å². The highest BCUT2D eigenvalue weighted by atomic mass is 127. The fourth-order valence-corrected chi connectivity index (χ4v) is 5.92. The van der Waals surface area contributed by atoms with E-state index in [1.807, 2.05) is 0 Å². The first-order valence-corrected chi connectivity index (χ1v) is 12.4. The highest BCUT2D eigenvalue weighted by Crippen LogP contribution is 2.47. The highest BCUT2D eigenvalue weighted by Gasteiger charge is 2.51. The van der Waals surface area contributed by atoms with Crippen LogP contribution in [0.15, 0.2) is 96.8 Å². The standard InChI is InChI=1S/C31H39N2.HI/c1-7-32-26-20-16-14-18-24(26)30(3,4)28(32)22-12-10-9-11-13-23-29-31(5,6)25-19-15-17-21-27(25)33(29)8-2;/h9-24,26H,7-8H2,1-6H3;1H/q+1;/p-1. The smallest absolute Gasteiger partial charge is 0.183 e. The number of hydrogen-bond donors (Lipinski definition) is 0. The zero-order valence-electron chi connectivity index (χ0n) is 21.5. The zero-order valence-corrected chi connectivity index (χ0v) is 23.7. The molecule has 0 aromatic heterocycles. The van der Waals surface area contributed by atoms with Crippen LogP contribution in [0.5, 0.6) is 0 Å². The molecule has 3 aliphatic rings. The molecule has 34 heavy (non-hydrogen) atoms. The van der Waals surface area contributed by atoms with Gasteiger partial charge in [0.15, 0.2) is 11.8 Å². The first kappa shape index (κ1) is 26.5. The molecule has 0 amide bonds. The van der Waals surface area contributed by atoms with Crippen LogP contribution >= 0.6 is 0 Å². The lowest BCUT2D eigenvalue weighted by Crippen LogP contribution is -3.00. The van der Waals surface area contributed by atoms with Gasteiger partial charge >= 0.3 is 0 Å². The van der Waals surface area contributed by atoms with E-state index in [0.29, 0.717) is 12.0 Å². The molecule has 0 spiro atoms. The van der Waals surface area contributed by atoms with Crippen LogP contribution < -0.4 is 28.9 Å². The van der Waals surface area contributed by atoms with Crippen LogP contribution in [0, 0.1) is 11.3 Å². The largest absolute Gasteiger partial charge is 1.00 e. The summed E-state index contributed by atoms with van der Waals surface area (Å²) in [6.45, 7) is 15.9. The molecule has 2 nitrogen and oxygen atoms in total. The van der Waals surface area contributed by atoms with Gasteiger partial charge in [-0.05, 0) is 51.5 Å². The summed E-state index contributed by atoms with van der Waals surface area (Å²) in [7, 11) is 0. The Balaban J connectivity index is 0.00000324. The molecule has 0 fully saturated rings. The molecule has 2 heterocycles. The first-order valence-electron chi connectivity index (χ1n) is 12.4. The zero-order chi connectivity index (χ0) is 23.6. The van der Waals surface area contributed by atoms with Crippen LogP contribution in [0.4, 0.5) is 5.69 Å². The van der Waals surface area contributed by atoms with Gasteiger partial charge in [-0.25, -0.2) is 4.58 Å². The lowest BCUT2D eigenvalue weighted by atomic mass is 9.73. The predicted octanol–water partition coefficient (Wildman–Crippen LogP) is 3.98. The Bertz CT molecular complexity index is 1110. The minimum atomic E-state index is 0. The summed E-state index contributed by atoms with van der Waals surface area (Å²) >= 11 is 0. The van der Waals surface area contributed by atoms with Crippen molar-refractivity contribution in [2.45, 2.75) is 53.0 Å². The second-order valence-electron chi connectivity index (χ2n) is 10.2. The third kappa shape index (κ3) is 4.56. The van der Waals surface area contributed by atoms with E-state index in [1.54, 1.807) is 0 Å². The summed E-state index contributed by atoms with van der Waals surface area (Å²) in [4.78, 5) is 2.43. The minimum absolute atomic E-state index is 0. The summed E-state index contributed by atoms with van der Waals surface area (Å²) < 4.78 is 2.55. The van der Waals surface area contributed by atoms with E-state index in [2.05, 4.69) is 142 Å². The number of fused-ring (bicyclic) bond motifs is 2. The molecule has 0 saturated heterocycles. The van der Waals surface area contributed by atoms with Gasteiger partial charge in [0, 0.05) is 29.4 Å². The fourth-order valence-electron chi connectivity index (χ4n) is 5.92. The van der Waals surface area contributed by atoms with Crippen LogP contribution in [0.25, 0.3) is 0 Å². The maximum Gasteiger partial charge on any atom is 0.183 e. The quantitative estimate of drug-likeness (QED) is 0.287. The molecule has 1 aromatic carbocycles. The Morgan fingerprint density at radius 2 is 1.59 bits per heavy atom. The van der Waals surface area contributed by atoms with Crippen molar-refractivity contribution >= 4 is 11.4 Å². The second-order valence-corrected chi connectivity index (χ2v) is 10.2. The number of rotatable bonds is 6. The van der Waals surface area contributed by atoms with Gasteiger partial charge < -0.3 is 28.9 Å². The Hall–Kier alpha value is -2.14. The van der Waals surface area contributed by atoms with Crippen LogP contribution in [-0.2, 0) is 5.41 Å². The molecular formula is C31H39IN2. The number of hydrogen-bond acceptors (Lipinski definition) is 1. The molecule has 180 valence electrons. The topological polar surface area (TPSA) is 6.25 Å². The monoisotopic (exact) mass is 566 g/mol. The van der Waals surface area contributed by atoms with Crippen molar-refractivity contribution in [2.24, 2.45) is 11.3 Å². The molecule has 0 saturated carbocycles. The molecule has 0 N–H and O–H groups in total. The van der Waals surface area contributed by atoms with Gasteiger partial charge in [-0.15, -0.1) is 0 Å². The third-order valence-corrected chi connectivity index (χ3v) is 7.68. The fraction of sp³-hybridized carbons (Fsp3) is 0.387. The lowest BCUT2D eigenvalue weighted by molar-refractivity contribution is -0.546. The molecule has 1 aromatic rings. The molecule has 0 radical (unpaired) electrons. The summed E-state index contributed by atoms with van der Waals surface area (Å²) in [6, 6.07) is 9.25. The van der Waals surface area contributed by atoms with Crippen LogP contribution in [0.2, 0.25) is 0 Å². The molecule has 1 aliphatic carbocycles. The van der Waals surface area contributed by atoms with Gasteiger partial charge in [0.25, 0.3) is 0 Å². The van der Waals surface area contributed by atoms with Crippen molar-refractivity contribution in [3.63, 3.8) is 0 Å². The van der Waals surface area contributed by atoms with Crippen molar-refractivity contribution in [1.82, 2.24) is 0 Å². The number of benzene rings is 1. The molecule has 3 heteroatoms. The van der Waals surface area contributed by atoms with E-state index in [-0.39, 0.29) is 34.8 Å². The van der Waals surface area contributed by atoms with E-state index < -0.39 is 0 Å². The minimum Gasteiger partial charge on any atom is -1.00 e. The Morgan fingerprint density at radius 1 is 0.912 bits per heavy atom. The molecule has 2 unspecified atom stereocenters. The highest BCUT2D eigenvalue weighted by molar-refractivity contribution is 5.97. The number of nitrogens with zero attached hydrogens (tertiary/aromatic N) is 2. The Kier molecular flexibility index (Phi) is 8.28. The maximum absolute atomic E-state index is 2.55. The number of allylic oxidation sites excluding steroid dienone is 10. The van der Waals surface area contributed by atoms with E-state index >= 15 is 0 Å². The third-order valence-electron chi connectivity index (χ3n) is 7.68. The van der Waals surface area contributed by atoms with E-state index in [9.17, 15) is 0 Å². The van der Waals surface area contributed by atoms with Crippen molar-refractivity contribution < 1.29 is 28.6 Å². The summed E-state index contributed by atoms with van der Waals surface area (Å²) in [6.07, 6.45) is 24.5. The van der Waals surface area contributed by atoms with Gasteiger partial charge in [0.1, 0.15) is 6.54 Å². The van der Waals surface area contributed by atoms with Crippen molar-refractivity contribution in [2.75, 3.05) is 18.0 Å². The first-order chi connectivity index (χ1) is 15.8. The number of halogens is 1. The Labute approximate surface area is 223 Å². The second kappa shape index (κ2) is 10.6. The lowest BCUT2D eigenvalue weighted by Gasteiger charge is -2.25. The molecule has 4 rings (SSSR count). The maximum atomic E-state index is 2.55. The van der Waals surface area contributed by atoms with Gasteiger partial charge in [-0.3, -0.25) is 0 Å². The van der Waals surface area contributed by atoms with Crippen molar-refractivity contribution in [3.8, 4) is 0 Å². The van der Waals surface area contributed by atoms with Gasteiger partial charge in [-0.1, -0.05) is 80.7 Å². The number of likely N-dealkylation sites (N-methyl/N-ethyl adjacent to an activating group) is 2. The average Bonchev–Trinajstić information content (AvgIpc) is 3.17. The van der Waals surface area contributed by atoms with Crippen LogP contribution in [-0.4, -0.2) is 29.4 Å². The summed E-state index contributed by atoms with van der Waals surface area (Å²) in [5.74, 6) is 0.540. The van der Waals surface area contributed by atoms with E-state index in [1.165, 1.54) is 22.7 Å². The SMILES string of the molecule is CCN1C(=CC=CC=CC=CC2=[N+](CC)C3C=CC=CC3C2(C)C)C(C)(C)c2ccccc21.[I-]. The summed E-state index contributed by atoms with van der Waals surface area (Å²) in [5.41, 5.74) is 5.69. The average molecular weight is 567 g/mol. The van der Waals surface area contributed by atoms with Gasteiger partial charge in [0.2, 0.25) is 0 Å². The van der Waals surface area contributed by atoms with Gasteiger partial charge in [-0.2, -0.15) is 0 Å².